The van der Waals surface area contributed by atoms with Crippen LogP contribution in [-0.2, 0) is 14.3 Å². The van der Waals surface area contributed by atoms with Gasteiger partial charge in [0.05, 0.1) is 12.6 Å². The largest absolute Gasteiger partial charge is 0.457 e. The van der Waals surface area contributed by atoms with Crippen LogP contribution in [0.15, 0.2) is 67.3 Å². The highest BCUT2D eigenvalue weighted by atomic mass is 16.7. The first kappa shape index (κ1) is 24.1. The second kappa shape index (κ2) is 13.2. The lowest BCUT2D eigenvalue weighted by molar-refractivity contribution is -0.134. The minimum absolute atomic E-state index is 0.0518. The van der Waals surface area contributed by atoms with Gasteiger partial charge in [0.15, 0.2) is 0 Å². The van der Waals surface area contributed by atoms with E-state index in [1.807, 2.05) is 30.3 Å². The van der Waals surface area contributed by atoms with Crippen LogP contribution in [-0.4, -0.2) is 43.6 Å². The Morgan fingerprint density at radius 3 is 2.39 bits per heavy atom. The first-order valence-corrected chi connectivity index (χ1v) is 9.82. The van der Waals surface area contributed by atoms with Crippen LogP contribution in [0, 0.1) is 5.92 Å². The molecule has 166 valence electrons. The molecule has 8 nitrogen and oxygen atoms in total. The lowest BCUT2D eigenvalue weighted by Crippen LogP contribution is -2.42. The van der Waals surface area contributed by atoms with Crippen molar-refractivity contribution in [3.8, 4) is 11.5 Å². The van der Waals surface area contributed by atoms with Crippen LogP contribution in [0.3, 0.4) is 0 Å². The van der Waals surface area contributed by atoms with Crippen molar-refractivity contribution in [1.82, 2.24) is 10.8 Å². The van der Waals surface area contributed by atoms with Crippen molar-refractivity contribution in [1.29, 1.82) is 0 Å². The SMILES string of the molecule is C=CC[C@@H](C[C@@H](COCOC)NC(=O)c1ccc(Oc2ccccc2)cc1)C(=O)NO. The molecule has 0 fully saturated rings. The maximum absolute atomic E-state index is 12.7. The van der Waals surface area contributed by atoms with Gasteiger partial charge in [-0.2, -0.15) is 0 Å². The molecule has 0 aliphatic rings. The Labute approximate surface area is 181 Å². The molecule has 2 aromatic rings. The number of allylic oxidation sites excluding steroid dienone is 1. The number of nitrogens with one attached hydrogen (secondary N) is 2. The molecule has 0 aliphatic carbocycles. The van der Waals surface area contributed by atoms with Crippen molar-refractivity contribution in [2.45, 2.75) is 18.9 Å². The third-order valence-corrected chi connectivity index (χ3v) is 4.45. The molecule has 2 amide bonds. The summed E-state index contributed by atoms with van der Waals surface area (Å²) in [5.41, 5.74) is 2.09. The Kier molecular flexibility index (Phi) is 10.2. The topological polar surface area (TPSA) is 106 Å². The summed E-state index contributed by atoms with van der Waals surface area (Å²) in [4.78, 5) is 24.6. The predicted octanol–water partition coefficient (Wildman–Crippen LogP) is 3.29. The molecule has 0 bridgehead atoms. The zero-order valence-electron chi connectivity index (χ0n) is 17.5. The highest BCUT2D eigenvalue weighted by Crippen LogP contribution is 2.21. The zero-order chi connectivity index (χ0) is 22.5. The first-order chi connectivity index (χ1) is 15.1. The Bertz CT molecular complexity index is 826. The van der Waals surface area contributed by atoms with E-state index in [0.29, 0.717) is 23.5 Å². The summed E-state index contributed by atoms with van der Waals surface area (Å²) in [5.74, 6) is -0.133. The quantitative estimate of drug-likeness (QED) is 0.149. The van der Waals surface area contributed by atoms with Gasteiger partial charge in [0.2, 0.25) is 5.91 Å². The van der Waals surface area contributed by atoms with Crippen LogP contribution in [0.1, 0.15) is 23.2 Å². The predicted molar refractivity (Wildman–Crippen MR) is 115 cm³/mol. The Morgan fingerprint density at radius 1 is 1.10 bits per heavy atom. The van der Waals surface area contributed by atoms with E-state index in [-0.39, 0.29) is 25.7 Å². The van der Waals surface area contributed by atoms with E-state index in [1.54, 1.807) is 35.8 Å². The van der Waals surface area contributed by atoms with Crippen LogP contribution in [0.25, 0.3) is 0 Å². The minimum Gasteiger partial charge on any atom is -0.457 e. The number of hydroxylamine groups is 1. The number of carbonyl (C=O) groups excluding carboxylic acids is 2. The van der Waals surface area contributed by atoms with Gasteiger partial charge in [0, 0.05) is 18.6 Å². The number of hydrogen-bond acceptors (Lipinski definition) is 6. The second-order valence-corrected chi connectivity index (χ2v) is 6.82. The zero-order valence-corrected chi connectivity index (χ0v) is 17.5. The maximum Gasteiger partial charge on any atom is 0.251 e. The number of ether oxygens (including phenoxy) is 3. The molecular weight excluding hydrogens is 400 g/mol. The number of amides is 2. The molecule has 0 saturated carbocycles. The molecule has 2 atom stereocenters. The monoisotopic (exact) mass is 428 g/mol. The molecule has 2 rings (SSSR count). The molecule has 0 unspecified atom stereocenters. The number of carbonyl (C=O) groups is 2. The number of hydrogen-bond donors (Lipinski definition) is 3. The molecule has 0 radical (unpaired) electrons. The number of benzene rings is 2. The first-order valence-electron chi connectivity index (χ1n) is 9.82. The van der Waals surface area contributed by atoms with Crippen LogP contribution >= 0.6 is 0 Å². The summed E-state index contributed by atoms with van der Waals surface area (Å²) in [5, 5.41) is 11.8. The molecule has 0 saturated heterocycles. The second-order valence-electron chi connectivity index (χ2n) is 6.82. The normalized spacial score (nSPS) is 12.5. The van der Waals surface area contributed by atoms with E-state index in [2.05, 4.69) is 11.9 Å². The molecule has 0 aliphatic heterocycles. The lowest BCUT2D eigenvalue weighted by atomic mass is 9.95. The molecule has 0 aromatic heterocycles. The molecular formula is C23H28N2O6. The van der Waals surface area contributed by atoms with E-state index < -0.39 is 17.9 Å². The van der Waals surface area contributed by atoms with Crippen molar-refractivity contribution in [3.63, 3.8) is 0 Å². The van der Waals surface area contributed by atoms with Crippen LogP contribution < -0.4 is 15.5 Å². The van der Waals surface area contributed by atoms with Crippen LogP contribution in [0.4, 0.5) is 0 Å². The molecule has 0 spiro atoms. The van der Waals surface area contributed by atoms with Crippen molar-refractivity contribution in [2.24, 2.45) is 5.92 Å². The van der Waals surface area contributed by atoms with Crippen molar-refractivity contribution < 1.29 is 29.0 Å². The van der Waals surface area contributed by atoms with E-state index in [1.165, 1.54) is 7.11 Å². The fraction of sp³-hybridized carbons (Fsp3) is 0.304. The number of methoxy groups -OCH3 is 1. The van der Waals surface area contributed by atoms with E-state index in [0.717, 1.165) is 0 Å². The van der Waals surface area contributed by atoms with E-state index >= 15 is 0 Å². The van der Waals surface area contributed by atoms with Crippen molar-refractivity contribution >= 4 is 11.8 Å². The fourth-order valence-corrected chi connectivity index (χ4v) is 2.96. The standard InChI is InChI=1S/C23H28N2O6/c1-3-7-18(23(27)25-28)14-19(15-30-16-29-2)24-22(26)17-10-12-21(13-11-17)31-20-8-5-4-6-9-20/h3-6,8-13,18-19,28H,1,7,14-16H2,2H3,(H,24,26)(H,25,27)/t18-,19-/m0/s1. The molecule has 3 N–H and O–H groups in total. The van der Waals surface area contributed by atoms with Gasteiger partial charge >= 0.3 is 0 Å². The highest BCUT2D eigenvalue weighted by molar-refractivity contribution is 5.94. The van der Waals surface area contributed by atoms with E-state index in [9.17, 15) is 9.59 Å². The Balaban J connectivity index is 2.03. The van der Waals surface area contributed by atoms with Gasteiger partial charge in [-0.05, 0) is 49.2 Å². The summed E-state index contributed by atoms with van der Waals surface area (Å²) >= 11 is 0. The fourth-order valence-electron chi connectivity index (χ4n) is 2.96. The van der Waals surface area contributed by atoms with Crippen LogP contribution in [0.2, 0.25) is 0 Å². The molecule has 2 aromatic carbocycles. The number of rotatable bonds is 13. The van der Waals surface area contributed by atoms with Crippen LogP contribution in [0.5, 0.6) is 11.5 Å². The maximum atomic E-state index is 12.7. The minimum atomic E-state index is -0.569. The summed E-state index contributed by atoms with van der Waals surface area (Å²) in [6.07, 6.45) is 2.18. The summed E-state index contributed by atoms with van der Waals surface area (Å²) in [6.45, 7) is 3.83. The lowest BCUT2D eigenvalue weighted by Gasteiger charge is -2.23. The smallest absolute Gasteiger partial charge is 0.251 e. The summed E-state index contributed by atoms with van der Waals surface area (Å²) in [6, 6.07) is 15.6. The molecule has 0 heterocycles. The summed E-state index contributed by atoms with van der Waals surface area (Å²) in [7, 11) is 1.49. The van der Waals surface area contributed by atoms with Gasteiger partial charge < -0.3 is 19.5 Å². The van der Waals surface area contributed by atoms with Gasteiger partial charge in [-0.25, -0.2) is 5.48 Å². The highest BCUT2D eigenvalue weighted by Gasteiger charge is 2.24. The van der Waals surface area contributed by atoms with E-state index in [4.69, 9.17) is 19.4 Å². The third kappa shape index (κ3) is 8.21. The van der Waals surface area contributed by atoms with Gasteiger partial charge in [0.25, 0.3) is 5.91 Å². The average Bonchev–Trinajstić information content (AvgIpc) is 2.79. The third-order valence-electron chi connectivity index (χ3n) is 4.45. The molecule has 31 heavy (non-hydrogen) atoms. The van der Waals surface area contributed by atoms with Gasteiger partial charge in [0.1, 0.15) is 18.3 Å². The van der Waals surface area contributed by atoms with Crippen molar-refractivity contribution in [2.75, 3.05) is 20.5 Å². The number of para-hydroxylation sites is 1. The van der Waals surface area contributed by atoms with Crippen molar-refractivity contribution in [3.05, 3.63) is 72.8 Å². The Hall–Kier alpha value is -3.20. The van der Waals surface area contributed by atoms with Gasteiger partial charge in [-0.15, -0.1) is 6.58 Å². The van der Waals surface area contributed by atoms with Gasteiger partial charge in [-0.1, -0.05) is 24.3 Å². The van der Waals surface area contributed by atoms with Gasteiger partial charge in [-0.3, -0.25) is 14.8 Å². The molecule has 8 heteroatoms. The Morgan fingerprint density at radius 2 is 1.77 bits per heavy atom. The summed E-state index contributed by atoms with van der Waals surface area (Å²) < 4.78 is 16.0. The average molecular weight is 428 g/mol.